The first-order chi connectivity index (χ1) is 22.4. The number of fused-ring (bicyclic) bond motifs is 2. The quantitative estimate of drug-likeness (QED) is 0.137. The van der Waals surface area contributed by atoms with E-state index < -0.39 is 5.41 Å². The molecule has 0 heteroatoms. The summed E-state index contributed by atoms with van der Waals surface area (Å²) in [6.45, 7) is 0. The lowest BCUT2D eigenvalue weighted by atomic mass is 9.65. The van der Waals surface area contributed by atoms with Crippen molar-refractivity contribution in [2.24, 2.45) is 0 Å². The fourth-order valence-corrected chi connectivity index (χ4v) is 7.31. The Labute approximate surface area is 264 Å². The molecule has 212 valence electrons. The number of hydrogen-bond donors (Lipinski definition) is 0. The van der Waals surface area contributed by atoms with Gasteiger partial charge in [-0.3, -0.25) is 0 Å². The van der Waals surface area contributed by atoms with Gasteiger partial charge in [-0.2, -0.15) is 0 Å². The molecule has 0 amide bonds. The van der Waals surface area contributed by atoms with E-state index in [1.54, 1.807) is 0 Å². The summed E-state index contributed by atoms with van der Waals surface area (Å²) >= 11 is 0. The van der Waals surface area contributed by atoms with Crippen LogP contribution < -0.4 is 0 Å². The van der Waals surface area contributed by atoms with E-state index in [2.05, 4.69) is 194 Å². The van der Waals surface area contributed by atoms with Crippen molar-refractivity contribution in [1.82, 2.24) is 0 Å². The van der Waals surface area contributed by atoms with Gasteiger partial charge in [0, 0.05) is 0 Å². The lowest BCUT2D eigenvalue weighted by molar-refractivity contribution is 0.745. The van der Waals surface area contributed by atoms with Crippen molar-refractivity contribution in [3.63, 3.8) is 0 Å². The third-order valence-electron chi connectivity index (χ3n) is 9.22. The van der Waals surface area contributed by atoms with Gasteiger partial charge in [-0.1, -0.05) is 194 Å². The smallest absolute Gasteiger partial charge is 0.0622 e. The molecule has 0 nitrogen and oxygen atoms in total. The summed E-state index contributed by atoms with van der Waals surface area (Å²) in [6.07, 6.45) is 0. The van der Waals surface area contributed by atoms with Crippen molar-refractivity contribution in [2.75, 3.05) is 0 Å². The molecule has 0 saturated carbocycles. The maximum absolute atomic E-state index is 2.34. The van der Waals surface area contributed by atoms with Crippen LogP contribution in [0.3, 0.4) is 0 Å². The Hall–Kier alpha value is -5.72. The molecule has 0 radical (unpaired) electrons. The fraction of sp³-hybridized carbons (Fsp3) is 0.0222. The first kappa shape index (κ1) is 26.9. The highest BCUT2D eigenvalue weighted by molar-refractivity contribution is 6.21. The maximum atomic E-state index is 2.34. The molecule has 0 aliphatic carbocycles. The molecule has 0 saturated heterocycles. The van der Waals surface area contributed by atoms with Crippen LogP contribution in [0.1, 0.15) is 22.3 Å². The summed E-state index contributed by atoms with van der Waals surface area (Å²) < 4.78 is 0. The number of benzene rings is 8. The fourth-order valence-electron chi connectivity index (χ4n) is 7.31. The Balaban J connectivity index is 1.39. The lowest BCUT2D eigenvalue weighted by Gasteiger charge is -2.37. The largest absolute Gasteiger partial charge is 0.0701 e. The van der Waals surface area contributed by atoms with Crippen LogP contribution in [-0.2, 0) is 5.41 Å². The molecule has 0 aromatic heterocycles. The molecule has 0 atom stereocenters. The Kier molecular flexibility index (Phi) is 6.81. The van der Waals surface area contributed by atoms with Gasteiger partial charge in [0.25, 0.3) is 0 Å². The molecule has 0 heterocycles. The molecule has 0 unspecified atom stereocenters. The van der Waals surface area contributed by atoms with Crippen LogP contribution in [0, 0.1) is 0 Å². The van der Waals surface area contributed by atoms with Crippen molar-refractivity contribution < 1.29 is 0 Å². The highest BCUT2D eigenvalue weighted by Gasteiger charge is 2.38. The average molecular weight is 573 g/mol. The lowest BCUT2D eigenvalue weighted by Crippen LogP contribution is -2.30. The summed E-state index contributed by atoms with van der Waals surface area (Å²) in [5.41, 5.74) is 9.54. The molecule has 8 rings (SSSR count). The van der Waals surface area contributed by atoms with Crippen LogP contribution in [0.4, 0.5) is 0 Å². The Morgan fingerprint density at radius 3 is 0.844 bits per heavy atom. The summed E-state index contributed by atoms with van der Waals surface area (Å²) in [7, 11) is 0. The van der Waals surface area contributed by atoms with E-state index in [1.807, 2.05) is 0 Å². The van der Waals surface area contributed by atoms with E-state index in [-0.39, 0.29) is 0 Å². The molecule has 0 aliphatic heterocycles. The highest BCUT2D eigenvalue weighted by Crippen LogP contribution is 2.47. The standard InChI is InChI=1S/C45H32/c1-5-17-33(18-6-1)43-39-25-13-15-27-41(39)44(42-28-16-14-26-40(42)43)34-29-31-38(32-30-34)45(35-19-7-2-8-20-35,36-21-9-3-10-22-36)37-23-11-4-12-24-37/h1-32H. The van der Waals surface area contributed by atoms with E-state index in [4.69, 9.17) is 0 Å². The third-order valence-corrected chi connectivity index (χ3v) is 9.22. The van der Waals surface area contributed by atoms with Crippen molar-refractivity contribution >= 4 is 21.5 Å². The molecule has 0 N–H and O–H groups in total. The molecule has 0 bridgehead atoms. The van der Waals surface area contributed by atoms with Gasteiger partial charge in [0.05, 0.1) is 5.41 Å². The molecular weight excluding hydrogens is 540 g/mol. The minimum atomic E-state index is -0.469. The minimum absolute atomic E-state index is 0.469. The van der Waals surface area contributed by atoms with Gasteiger partial charge >= 0.3 is 0 Å². The van der Waals surface area contributed by atoms with Crippen molar-refractivity contribution in [3.8, 4) is 22.3 Å². The SMILES string of the molecule is c1ccc(-c2c3ccccc3c(-c3ccc(C(c4ccccc4)(c4ccccc4)c4ccccc4)cc3)c3ccccc23)cc1. The highest BCUT2D eigenvalue weighted by atomic mass is 14.4. The van der Waals surface area contributed by atoms with E-state index in [9.17, 15) is 0 Å². The third kappa shape index (κ3) is 4.46. The predicted octanol–water partition coefficient (Wildman–Crippen LogP) is 11.7. The van der Waals surface area contributed by atoms with Crippen LogP contribution >= 0.6 is 0 Å². The van der Waals surface area contributed by atoms with Crippen LogP contribution in [0.15, 0.2) is 194 Å². The van der Waals surface area contributed by atoms with Gasteiger partial charge in [-0.25, -0.2) is 0 Å². The zero-order chi connectivity index (χ0) is 30.1. The van der Waals surface area contributed by atoms with E-state index in [0.29, 0.717) is 0 Å². The van der Waals surface area contributed by atoms with Crippen LogP contribution in [0.2, 0.25) is 0 Å². The van der Waals surface area contributed by atoms with Crippen molar-refractivity contribution in [2.45, 2.75) is 5.41 Å². The molecule has 8 aromatic carbocycles. The summed E-state index contributed by atoms with van der Waals surface area (Å²) in [4.78, 5) is 0. The second-order valence-corrected chi connectivity index (χ2v) is 11.6. The van der Waals surface area contributed by atoms with Crippen LogP contribution in [0.25, 0.3) is 43.8 Å². The van der Waals surface area contributed by atoms with Crippen molar-refractivity contribution in [1.29, 1.82) is 0 Å². The van der Waals surface area contributed by atoms with Gasteiger partial charge in [-0.15, -0.1) is 0 Å². The van der Waals surface area contributed by atoms with Gasteiger partial charge in [0.2, 0.25) is 0 Å². The first-order valence-corrected chi connectivity index (χ1v) is 15.6. The van der Waals surface area contributed by atoms with E-state index in [0.717, 1.165) is 0 Å². The van der Waals surface area contributed by atoms with Gasteiger partial charge in [0.15, 0.2) is 0 Å². The zero-order valence-corrected chi connectivity index (χ0v) is 25.0. The summed E-state index contributed by atoms with van der Waals surface area (Å²) in [6, 6.07) is 70.6. The molecule has 0 fully saturated rings. The summed E-state index contributed by atoms with van der Waals surface area (Å²) in [5.74, 6) is 0. The number of rotatable bonds is 6. The first-order valence-electron chi connectivity index (χ1n) is 15.6. The zero-order valence-electron chi connectivity index (χ0n) is 25.0. The van der Waals surface area contributed by atoms with Gasteiger partial charge in [-0.05, 0) is 66.1 Å². The molecule has 8 aromatic rings. The van der Waals surface area contributed by atoms with E-state index >= 15 is 0 Å². The Morgan fingerprint density at radius 2 is 0.489 bits per heavy atom. The summed E-state index contributed by atoms with van der Waals surface area (Å²) in [5, 5.41) is 5.08. The molecule has 0 spiro atoms. The maximum Gasteiger partial charge on any atom is 0.0701 e. The van der Waals surface area contributed by atoms with Gasteiger partial charge in [0.1, 0.15) is 0 Å². The Morgan fingerprint density at radius 1 is 0.222 bits per heavy atom. The predicted molar refractivity (Wildman–Crippen MR) is 191 cm³/mol. The topological polar surface area (TPSA) is 0 Å². The van der Waals surface area contributed by atoms with Crippen LogP contribution in [0.5, 0.6) is 0 Å². The van der Waals surface area contributed by atoms with E-state index in [1.165, 1.54) is 66.1 Å². The molecular formula is C45H32. The number of hydrogen-bond acceptors (Lipinski definition) is 0. The molecule has 0 aliphatic rings. The second kappa shape index (κ2) is 11.4. The van der Waals surface area contributed by atoms with Crippen LogP contribution in [-0.4, -0.2) is 0 Å². The molecule has 45 heavy (non-hydrogen) atoms. The average Bonchev–Trinajstić information content (AvgIpc) is 3.13. The second-order valence-electron chi connectivity index (χ2n) is 11.6. The monoisotopic (exact) mass is 572 g/mol. The van der Waals surface area contributed by atoms with Crippen molar-refractivity contribution in [3.05, 3.63) is 216 Å². The normalized spacial score (nSPS) is 11.6. The minimum Gasteiger partial charge on any atom is -0.0622 e. The van der Waals surface area contributed by atoms with Gasteiger partial charge < -0.3 is 0 Å². The Bertz CT molecular complexity index is 2060.